The van der Waals surface area contributed by atoms with Crippen molar-refractivity contribution in [3.63, 3.8) is 0 Å². The van der Waals surface area contributed by atoms with Crippen LogP contribution in [0.25, 0.3) is 0 Å². The van der Waals surface area contributed by atoms with E-state index in [1.807, 2.05) is 25.1 Å². The Bertz CT molecular complexity index is 400. The lowest BCUT2D eigenvalue weighted by Crippen LogP contribution is -2.31. The Morgan fingerprint density at radius 2 is 1.81 bits per heavy atom. The normalized spacial score (nSPS) is 15.7. The quantitative estimate of drug-likeness (QED) is 0.425. The lowest BCUT2D eigenvalue weighted by molar-refractivity contribution is -0.0479. The van der Waals surface area contributed by atoms with Crippen molar-refractivity contribution >= 4 is 11.6 Å². The summed E-state index contributed by atoms with van der Waals surface area (Å²) < 4.78 is 0. The van der Waals surface area contributed by atoms with Crippen LogP contribution in [0.3, 0.4) is 0 Å². The molecule has 0 aliphatic rings. The summed E-state index contributed by atoms with van der Waals surface area (Å²) in [6.07, 6.45) is 8.73. The highest BCUT2D eigenvalue weighted by Crippen LogP contribution is 2.37. The third-order valence-electron chi connectivity index (χ3n) is 4.34. The van der Waals surface area contributed by atoms with Crippen molar-refractivity contribution in [1.29, 1.82) is 0 Å². The Kier molecular flexibility index (Phi) is 8.36. The third-order valence-corrected chi connectivity index (χ3v) is 4.58. The first-order chi connectivity index (χ1) is 10.0. The second kappa shape index (κ2) is 9.48. The third kappa shape index (κ3) is 6.40. The molecule has 0 N–H and O–H groups in total. The molecule has 1 aromatic rings. The smallest absolute Gasteiger partial charge is 0.108 e. The molecular weight excluding hydrogens is 280 g/mol. The van der Waals surface area contributed by atoms with Crippen LogP contribution in [0, 0.1) is 0 Å². The van der Waals surface area contributed by atoms with E-state index in [4.69, 9.17) is 11.6 Å². The van der Waals surface area contributed by atoms with Crippen molar-refractivity contribution in [3.05, 3.63) is 34.9 Å². The summed E-state index contributed by atoms with van der Waals surface area (Å²) in [4.78, 5) is 0. The molecule has 119 valence electrons. The summed E-state index contributed by atoms with van der Waals surface area (Å²) in [6, 6.07) is 7.85. The van der Waals surface area contributed by atoms with E-state index >= 15 is 0 Å². The van der Waals surface area contributed by atoms with Crippen LogP contribution in [-0.4, -0.2) is 5.60 Å². The van der Waals surface area contributed by atoms with Gasteiger partial charge < -0.3 is 0 Å². The molecule has 2 atom stereocenters. The monoisotopic (exact) mass is 309 g/mol. The van der Waals surface area contributed by atoms with Crippen molar-refractivity contribution in [2.45, 2.75) is 83.7 Å². The Hall–Kier alpha value is -0.530. The minimum atomic E-state index is -0.896. The molecule has 0 fully saturated rings. The molecule has 1 radical (unpaired) electrons. The lowest BCUT2D eigenvalue weighted by atomic mass is 9.77. The predicted octanol–water partition coefficient (Wildman–Crippen LogP) is 6.77. The SMILES string of the molecule is CCCCCCCC(C)([O])C(CCC)c1cccc(Cl)c1. The fraction of sp³-hybridized carbons (Fsp3) is 0.684. The van der Waals surface area contributed by atoms with Crippen LogP contribution in [0.5, 0.6) is 0 Å². The van der Waals surface area contributed by atoms with E-state index in [9.17, 15) is 5.11 Å². The van der Waals surface area contributed by atoms with Crippen LogP contribution >= 0.6 is 11.6 Å². The predicted molar refractivity (Wildman–Crippen MR) is 91.6 cm³/mol. The molecule has 0 aliphatic heterocycles. The number of rotatable bonds is 10. The van der Waals surface area contributed by atoms with Crippen molar-refractivity contribution in [1.82, 2.24) is 0 Å². The minimum Gasteiger partial charge on any atom is -0.229 e. The van der Waals surface area contributed by atoms with Crippen molar-refractivity contribution in [2.75, 3.05) is 0 Å². The molecule has 0 amide bonds. The molecule has 0 aliphatic carbocycles. The van der Waals surface area contributed by atoms with Gasteiger partial charge in [-0.05, 0) is 37.5 Å². The Morgan fingerprint density at radius 3 is 2.43 bits per heavy atom. The van der Waals surface area contributed by atoms with E-state index in [0.717, 1.165) is 36.3 Å². The zero-order chi connectivity index (χ0) is 15.7. The van der Waals surface area contributed by atoms with Crippen LogP contribution in [0.2, 0.25) is 5.02 Å². The summed E-state index contributed by atoms with van der Waals surface area (Å²) in [5.41, 5.74) is 0.211. The number of benzene rings is 1. The maximum Gasteiger partial charge on any atom is 0.108 e. The average Bonchev–Trinajstić information content (AvgIpc) is 2.44. The van der Waals surface area contributed by atoms with Gasteiger partial charge in [-0.15, -0.1) is 0 Å². The number of hydrogen-bond acceptors (Lipinski definition) is 0. The van der Waals surface area contributed by atoms with Crippen LogP contribution in [0.15, 0.2) is 24.3 Å². The fourth-order valence-corrected chi connectivity index (χ4v) is 3.29. The zero-order valence-corrected chi connectivity index (χ0v) is 14.6. The first-order valence-corrected chi connectivity index (χ1v) is 8.85. The van der Waals surface area contributed by atoms with Crippen LogP contribution in [0.4, 0.5) is 0 Å². The highest BCUT2D eigenvalue weighted by Gasteiger charge is 2.33. The molecule has 1 aromatic carbocycles. The van der Waals surface area contributed by atoms with Crippen molar-refractivity contribution in [2.24, 2.45) is 0 Å². The molecule has 21 heavy (non-hydrogen) atoms. The Morgan fingerprint density at radius 1 is 1.10 bits per heavy atom. The van der Waals surface area contributed by atoms with E-state index < -0.39 is 5.60 Å². The van der Waals surface area contributed by atoms with Gasteiger partial charge in [0.15, 0.2) is 0 Å². The van der Waals surface area contributed by atoms with E-state index in [-0.39, 0.29) is 5.92 Å². The average molecular weight is 310 g/mol. The second-order valence-electron chi connectivity index (χ2n) is 6.37. The van der Waals surface area contributed by atoms with E-state index in [1.54, 1.807) is 0 Å². The molecule has 0 spiro atoms. The van der Waals surface area contributed by atoms with Gasteiger partial charge in [0.2, 0.25) is 0 Å². The highest BCUT2D eigenvalue weighted by atomic mass is 35.5. The summed E-state index contributed by atoms with van der Waals surface area (Å²) in [6.45, 7) is 6.25. The van der Waals surface area contributed by atoms with Gasteiger partial charge in [-0.3, -0.25) is 0 Å². The van der Waals surface area contributed by atoms with Gasteiger partial charge >= 0.3 is 0 Å². The van der Waals surface area contributed by atoms with Crippen LogP contribution in [-0.2, 0) is 5.11 Å². The molecule has 0 heterocycles. The number of hydrogen-bond donors (Lipinski definition) is 0. The molecule has 0 bridgehead atoms. The van der Waals surface area contributed by atoms with Crippen molar-refractivity contribution < 1.29 is 5.11 Å². The first kappa shape index (κ1) is 18.5. The molecule has 0 aromatic heterocycles. The molecule has 2 unspecified atom stereocenters. The summed E-state index contributed by atoms with van der Waals surface area (Å²) >= 11 is 6.10. The summed E-state index contributed by atoms with van der Waals surface area (Å²) in [5.74, 6) is 0.0624. The Labute approximate surface area is 135 Å². The molecular formula is C19H30ClO. The summed E-state index contributed by atoms with van der Waals surface area (Å²) in [5, 5.41) is 13.8. The van der Waals surface area contributed by atoms with Gasteiger partial charge in [-0.1, -0.05) is 76.1 Å². The van der Waals surface area contributed by atoms with Crippen molar-refractivity contribution in [3.8, 4) is 0 Å². The number of unbranched alkanes of at least 4 members (excludes halogenated alkanes) is 4. The molecule has 1 nitrogen and oxygen atoms in total. The molecule has 0 saturated carbocycles. The lowest BCUT2D eigenvalue weighted by Gasteiger charge is -2.31. The Balaban J connectivity index is 2.68. The van der Waals surface area contributed by atoms with Crippen LogP contribution in [0.1, 0.15) is 83.6 Å². The van der Waals surface area contributed by atoms with E-state index in [2.05, 4.69) is 19.9 Å². The highest BCUT2D eigenvalue weighted by molar-refractivity contribution is 6.30. The van der Waals surface area contributed by atoms with Gasteiger partial charge in [-0.2, -0.15) is 0 Å². The van der Waals surface area contributed by atoms with E-state index in [1.165, 1.54) is 25.7 Å². The maximum atomic E-state index is 13.1. The zero-order valence-electron chi connectivity index (χ0n) is 13.8. The number of halogens is 1. The van der Waals surface area contributed by atoms with Gasteiger partial charge in [-0.25, -0.2) is 5.11 Å². The van der Waals surface area contributed by atoms with Gasteiger partial charge in [0.25, 0.3) is 0 Å². The largest absolute Gasteiger partial charge is 0.229 e. The standard InChI is InChI=1S/C19H30ClO/c1-4-6-7-8-9-14-19(3,21)18(11-5-2)16-12-10-13-17(20)15-16/h10,12-13,15,18H,4-9,11,14H2,1-3H3. The fourth-order valence-electron chi connectivity index (χ4n) is 3.09. The molecule has 0 saturated heterocycles. The van der Waals surface area contributed by atoms with Gasteiger partial charge in [0.05, 0.1) is 0 Å². The second-order valence-corrected chi connectivity index (χ2v) is 6.81. The van der Waals surface area contributed by atoms with Gasteiger partial charge in [0.1, 0.15) is 5.60 Å². The first-order valence-electron chi connectivity index (χ1n) is 8.47. The minimum absolute atomic E-state index is 0.0624. The molecule has 2 heteroatoms. The molecule has 1 rings (SSSR count). The summed E-state index contributed by atoms with van der Waals surface area (Å²) in [7, 11) is 0. The topological polar surface area (TPSA) is 19.9 Å². The van der Waals surface area contributed by atoms with Gasteiger partial charge in [0, 0.05) is 10.9 Å². The van der Waals surface area contributed by atoms with Crippen LogP contribution < -0.4 is 0 Å². The van der Waals surface area contributed by atoms with E-state index in [0.29, 0.717) is 0 Å². The maximum absolute atomic E-state index is 13.1.